The molecule has 0 bridgehead atoms. The first-order chi connectivity index (χ1) is 9.73. The third-order valence-corrected chi connectivity index (χ3v) is 4.06. The van der Waals surface area contributed by atoms with E-state index in [9.17, 15) is 8.42 Å². The van der Waals surface area contributed by atoms with Crippen LogP contribution in [0, 0.1) is 0 Å². The SMILES string of the molecule is COc1cc(CC(C)N)cc(Cl)c1OCCCS(C)(=O)=O. The highest BCUT2D eigenvalue weighted by Gasteiger charge is 2.13. The summed E-state index contributed by atoms with van der Waals surface area (Å²) in [5.41, 5.74) is 6.74. The quantitative estimate of drug-likeness (QED) is 0.735. The summed E-state index contributed by atoms with van der Waals surface area (Å²) in [5.74, 6) is 1.04. The van der Waals surface area contributed by atoms with E-state index in [0.29, 0.717) is 29.4 Å². The maximum Gasteiger partial charge on any atom is 0.179 e. The van der Waals surface area contributed by atoms with Gasteiger partial charge >= 0.3 is 0 Å². The summed E-state index contributed by atoms with van der Waals surface area (Å²) in [6.45, 7) is 2.17. The first kappa shape index (κ1) is 18.1. The fourth-order valence-electron chi connectivity index (χ4n) is 1.90. The third-order valence-electron chi connectivity index (χ3n) is 2.75. The normalized spacial score (nSPS) is 13.0. The minimum Gasteiger partial charge on any atom is -0.493 e. The van der Waals surface area contributed by atoms with Crippen LogP contribution in [0.25, 0.3) is 0 Å². The van der Waals surface area contributed by atoms with E-state index in [4.69, 9.17) is 26.8 Å². The van der Waals surface area contributed by atoms with E-state index < -0.39 is 9.84 Å². The molecule has 0 aliphatic heterocycles. The molecule has 0 saturated heterocycles. The largest absolute Gasteiger partial charge is 0.493 e. The Morgan fingerprint density at radius 1 is 1.38 bits per heavy atom. The number of rotatable bonds is 8. The first-order valence-corrected chi connectivity index (χ1v) is 9.09. The van der Waals surface area contributed by atoms with Crippen LogP contribution in [0.2, 0.25) is 5.02 Å². The molecule has 0 fully saturated rings. The zero-order valence-corrected chi connectivity index (χ0v) is 14.1. The molecular weight excluding hydrogens is 314 g/mol. The van der Waals surface area contributed by atoms with E-state index in [1.807, 2.05) is 13.0 Å². The van der Waals surface area contributed by atoms with Gasteiger partial charge in [-0.05, 0) is 37.5 Å². The van der Waals surface area contributed by atoms with Crippen molar-refractivity contribution in [3.05, 3.63) is 22.7 Å². The van der Waals surface area contributed by atoms with Crippen molar-refractivity contribution in [3.8, 4) is 11.5 Å². The molecule has 0 radical (unpaired) electrons. The Labute approximate surface area is 131 Å². The topological polar surface area (TPSA) is 78.6 Å². The number of hydrogen-bond donors (Lipinski definition) is 1. The van der Waals surface area contributed by atoms with Crippen molar-refractivity contribution in [3.63, 3.8) is 0 Å². The molecule has 1 aromatic rings. The number of nitrogens with two attached hydrogens (primary N) is 1. The molecule has 0 amide bonds. The molecule has 1 unspecified atom stereocenters. The lowest BCUT2D eigenvalue weighted by Gasteiger charge is -2.15. The molecule has 0 heterocycles. The second-order valence-electron chi connectivity index (χ2n) is 5.12. The minimum absolute atomic E-state index is 0.0206. The van der Waals surface area contributed by atoms with Gasteiger partial charge in [-0.25, -0.2) is 8.42 Å². The van der Waals surface area contributed by atoms with E-state index in [0.717, 1.165) is 5.56 Å². The zero-order valence-electron chi connectivity index (χ0n) is 12.6. The van der Waals surface area contributed by atoms with Gasteiger partial charge in [0.25, 0.3) is 0 Å². The lowest BCUT2D eigenvalue weighted by atomic mass is 10.1. The van der Waals surface area contributed by atoms with Gasteiger partial charge in [-0.1, -0.05) is 11.6 Å². The zero-order chi connectivity index (χ0) is 16.0. The second kappa shape index (κ2) is 7.87. The maximum absolute atomic E-state index is 11.1. The average Bonchev–Trinajstić information content (AvgIpc) is 2.33. The van der Waals surface area contributed by atoms with Gasteiger partial charge in [0, 0.05) is 12.3 Å². The molecule has 120 valence electrons. The van der Waals surface area contributed by atoms with Crippen molar-refractivity contribution in [2.24, 2.45) is 5.73 Å². The Bertz CT molecular complexity index is 573. The summed E-state index contributed by atoms with van der Waals surface area (Å²) >= 11 is 6.20. The van der Waals surface area contributed by atoms with Crippen molar-refractivity contribution < 1.29 is 17.9 Å². The fraction of sp³-hybridized carbons (Fsp3) is 0.571. The van der Waals surface area contributed by atoms with E-state index in [1.165, 1.54) is 13.4 Å². The smallest absolute Gasteiger partial charge is 0.179 e. The van der Waals surface area contributed by atoms with Gasteiger partial charge in [0.1, 0.15) is 9.84 Å². The molecule has 7 heteroatoms. The van der Waals surface area contributed by atoms with Crippen molar-refractivity contribution in [2.75, 3.05) is 25.7 Å². The number of methoxy groups -OCH3 is 1. The van der Waals surface area contributed by atoms with Crippen LogP contribution in [0.5, 0.6) is 11.5 Å². The van der Waals surface area contributed by atoms with E-state index in [-0.39, 0.29) is 18.4 Å². The van der Waals surface area contributed by atoms with Gasteiger partial charge in [-0.15, -0.1) is 0 Å². The monoisotopic (exact) mass is 335 g/mol. The number of hydrogen-bond acceptors (Lipinski definition) is 5. The fourth-order valence-corrected chi connectivity index (χ4v) is 2.83. The first-order valence-electron chi connectivity index (χ1n) is 6.65. The van der Waals surface area contributed by atoms with Gasteiger partial charge in [0.15, 0.2) is 11.5 Å². The molecular formula is C14H22ClNO4S. The summed E-state index contributed by atoms with van der Waals surface area (Å²) in [6, 6.07) is 3.65. The molecule has 0 spiro atoms. The van der Waals surface area contributed by atoms with Crippen LogP contribution in [-0.2, 0) is 16.3 Å². The number of sulfone groups is 1. The average molecular weight is 336 g/mol. The summed E-state index contributed by atoms with van der Waals surface area (Å²) in [4.78, 5) is 0. The van der Waals surface area contributed by atoms with Crippen molar-refractivity contribution >= 4 is 21.4 Å². The minimum atomic E-state index is -2.98. The summed E-state index contributed by atoms with van der Waals surface area (Å²) in [5, 5.41) is 0.435. The summed E-state index contributed by atoms with van der Waals surface area (Å²) in [7, 11) is -1.45. The van der Waals surface area contributed by atoms with E-state index in [1.54, 1.807) is 6.07 Å². The molecule has 1 aromatic carbocycles. The van der Waals surface area contributed by atoms with Crippen LogP contribution < -0.4 is 15.2 Å². The van der Waals surface area contributed by atoms with Gasteiger partial charge in [-0.3, -0.25) is 0 Å². The Morgan fingerprint density at radius 3 is 2.57 bits per heavy atom. The predicted molar refractivity (Wildman–Crippen MR) is 85.2 cm³/mol. The highest BCUT2D eigenvalue weighted by atomic mass is 35.5. The molecule has 2 N–H and O–H groups in total. The molecule has 21 heavy (non-hydrogen) atoms. The second-order valence-corrected chi connectivity index (χ2v) is 7.79. The molecule has 0 aliphatic rings. The van der Waals surface area contributed by atoms with Gasteiger partial charge < -0.3 is 15.2 Å². The van der Waals surface area contributed by atoms with Crippen LogP contribution in [0.1, 0.15) is 18.9 Å². The van der Waals surface area contributed by atoms with E-state index in [2.05, 4.69) is 0 Å². The Balaban J connectivity index is 2.77. The lowest BCUT2D eigenvalue weighted by molar-refractivity contribution is 0.294. The van der Waals surface area contributed by atoms with Crippen LogP contribution in [0.3, 0.4) is 0 Å². The number of halogens is 1. The van der Waals surface area contributed by atoms with Gasteiger partial charge in [0.2, 0.25) is 0 Å². The maximum atomic E-state index is 11.1. The molecule has 0 aromatic heterocycles. The van der Waals surface area contributed by atoms with Gasteiger partial charge in [0.05, 0.1) is 24.5 Å². The summed E-state index contributed by atoms with van der Waals surface area (Å²) < 4.78 is 33.0. The lowest BCUT2D eigenvalue weighted by Crippen LogP contribution is -2.17. The molecule has 0 saturated carbocycles. The van der Waals surface area contributed by atoms with Crippen molar-refractivity contribution in [1.29, 1.82) is 0 Å². The molecule has 0 aliphatic carbocycles. The van der Waals surface area contributed by atoms with Crippen LogP contribution in [0.15, 0.2) is 12.1 Å². The molecule has 5 nitrogen and oxygen atoms in total. The Hall–Kier alpha value is -0.980. The predicted octanol–water partition coefficient (Wildman–Crippen LogP) is 2.05. The molecule has 1 rings (SSSR count). The standard InChI is InChI=1S/C14H22ClNO4S/c1-10(16)7-11-8-12(15)14(13(9-11)19-2)20-5-4-6-21(3,17)18/h8-10H,4-7,16H2,1-3H3. The van der Waals surface area contributed by atoms with E-state index >= 15 is 0 Å². The van der Waals surface area contributed by atoms with Crippen LogP contribution in [-0.4, -0.2) is 40.2 Å². The van der Waals surface area contributed by atoms with Gasteiger partial charge in [-0.2, -0.15) is 0 Å². The Kier molecular flexibility index (Phi) is 6.77. The highest BCUT2D eigenvalue weighted by molar-refractivity contribution is 7.90. The summed E-state index contributed by atoms with van der Waals surface area (Å²) in [6.07, 6.45) is 2.29. The number of benzene rings is 1. The Morgan fingerprint density at radius 2 is 2.05 bits per heavy atom. The van der Waals surface area contributed by atoms with Crippen molar-refractivity contribution in [2.45, 2.75) is 25.8 Å². The third kappa shape index (κ3) is 6.54. The van der Waals surface area contributed by atoms with Crippen molar-refractivity contribution in [1.82, 2.24) is 0 Å². The molecule has 1 atom stereocenters. The highest BCUT2D eigenvalue weighted by Crippen LogP contribution is 2.36. The van der Waals surface area contributed by atoms with Crippen LogP contribution >= 0.6 is 11.6 Å². The number of ether oxygens (including phenoxy) is 2. The van der Waals surface area contributed by atoms with Crippen LogP contribution in [0.4, 0.5) is 0 Å².